The zero-order valence-corrected chi connectivity index (χ0v) is 9.95. The van der Waals surface area contributed by atoms with E-state index in [1.807, 2.05) is 11.7 Å². The second-order valence-corrected chi connectivity index (χ2v) is 4.66. The van der Waals surface area contributed by atoms with Crippen LogP contribution in [0.4, 0.5) is 5.82 Å². The van der Waals surface area contributed by atoms with Crippen LogP contribution in [0.5, 0.6) is 0 Å². The Morgan fingerprint density at radius 1 is 1.60 bits per heavy atom. The first-order valence-corrected chi connectivity index (χ1v) is 6.01. The molecule has 15 heavy (non-hydrogen) atoms. The van der Waals surface area contributed by atoms with Gasteiger partial charge in [-0.25, -0.2) is 0 Å². The van der Waals surface area contributed by atoms with Crippen LogP contribution in [-0.4, -0.2) is 15.8 Å². The van der Waals surface area contributed by atoms with Crippen molar-refractivity contribution in [3.63, 3.8) is 0 Å². The van der Waals surface area contributed by atoms with Crippen LogP contribution >= 0.6 is 0 Å². The first-order chi connectivity index (χ1) is 7.20. The smallest absolute Gasteiger partial charge is 0.124 e. The number of hydrogen-bond acceptors (Lipinski definition) is 2. The minimum atomic E-state index is 0.523. The van der Waals surface area contributed by atoms with Gasteiger partial charge in [-0.15, -0.1) is 0 Å². The van der Waals surface area contributed by atoms with Crippen LogP contribution in [0.1, 0.15) is 51.1 Å². The summed E-state index contributed by atoms with van der Waals surface area (Å²) in [6.45, 7) is 4.40. The molecule has 2 rings (SSSR count). The maximum absolute atomic E-state index is 4.57. The summed E-state index contributed by atoms with van der Waals surface area (Å²) in [4.78, 5) is 0. The standard InChI is InChI=1S/C12H21N3/c1-4-9(2)13-12-8-11(14-15(12)3)10-6-5-7-10/h8-10,13H,4-7H2,1-3H3. The van der Waals surface area contributed by atoms with Gasteiger partial charge in [0.2, 0.25) is 0 Å². The highest BCUT2D eigenvalue weighted by Crippen LogP contribution is 2.36. The van der Waals surface area contributed by atoms with Crippen molar-refractivity contribution in [3.05, 3.63) is 11.8 Å². The first-order valence-electron chi connectivity index (χ1n) is 6.01. The minimum absolute atomic E-state index is 0.523. The monoisotopic (exact) mass is 207 g/mol. The van der Waals surface area contributed by atoms with Gasteiger partial charge in [0, 0.05) is 25.1 Å². The van der Waals surface area contributed by atoms with Crippen molar-refractivity contribution in [1.82, 2.24) is 9.78 Å². The average Bonchev–Trinajstić information content (AvgIpc) is 2.44. The largest absolute Gasteiger partial charge is 0.368 e. The van der Waals surface area contributed by atoms with Crippen molar-refractivity contribution in [3.8, 4) is 0 Å². The molecule has 1 unspecified atom stereocenters. The molecular weight excluding hydrogens is 186 g/mol. The van der Waals surface area contributed by atoms with E-state index in [9.17, 15) is 0 Å². The third kappa shape index (κ3) is 2.16. The Hall–Kier alpha value is -0.990. The van der Waals surface area contributed by atoms with Crippen LogP contribution in [0.3, 0.4) is 0 Å². The lowest BCUT2D eigenvalue weighted by Crippen LogP contribution is -2.15. The summed E-state index contributed by atoms with van der Waals surface area (Å²) in [5.41, 5.74) is 1.27. The van der Waals surface area contributed by atoms with E-state index in [1.165, 1.54) is 25.0 Å². The third-order valence-electron chi connectivity index (χ3n) is 3.43. The second kappa shape index (κ2) is 4.25. The normalized spacial score (nSPS) is 18.6. The average molecular weight is 207 g/mol. The van der Waals surface area contributed by atoms with Crippen LogP contribution < -0.4 is 5.32 Å². The zero-order valence-electron chi connectivity index (χ0n) is 9.95. The maximum atomic E-state index is 4.57. The van der Waals surface area contributed by atoms with E-state index in [-0.39, 0.29) is 0 Å². The molecule has 0 amide bonds. The summed E-state index contributed by atoms with van der Waals surface area (Å²) in [5.74, 6) is 1.88. The Morgan fingerprint density at radius 3 is 2.87 bits per heavy atom. The van der Waals surface area contributed by atoms with Crippen molar-refractivity contribution in [2.24, 2.45) is 7.05 Å². The topological polar surface area (TPSA) is 29.9 Å². The molecule has 84 valence electrons. The third-order valence-corrected chi connectivity index (χ3v) is 3.43. The minimum Gasteiger partial charge on any atom is -0.368 e. The second-order valence-electron chi connectivity index (χ2n) is 4.66. The van der Waals surface area contributed by atoms with Crippen molar-refractivity contribution >= 4 is 5.82 Å². The van der Waals surface area contributed by atoms with Gasteiger partial charge in [0.15, 0.2) is 0 Å². The van der Waals surface area contributed by atoms with Gasteiger partial charge in [-0.05, 0) is 26.2 Å². The number of nitrogens with zero attached hydrogens (tertiary/aromatic N) is 2. The summed E-state index contributed by atoms with van der Waals surface area (Å²) < 4.78 is 1.97. The fourth-order valence-electron chi connectivity index (χ4n) is 1.88. The van der Waals surface area contributed by atoms with Gasteiger partial charge in [-0.3, -0.25) is 4.68 Å². The molecule has 1 heterocycles. The quantitative estimate of drug-likeness (QED) is 0.822. The Bertz CT molecular complexity index is 326. The molecule has 1 fully saturated rings. The van der Waals surface area contributed by atoms with Gasteiger partial charge in [0.25, 0.3) is 0 Å². The lowest BCUT2D eigenvalue weighted by atomic mass is 9.83. The molecule has 3 heteroatoms. The molecule has 0 bridgehead atoms. The van der Waals surface area contributed by atoms with E-state index in [1.54, 1.807) is 0 Å². The summed E-state index contributed by atoms with van der Waals surface area (Å²) in [5, 5.41) is 8.06. The Labute approximate surface area is 91.9 Å². The van der Waals surface area contributed by atoms with E-state index < -0.39 is 0 Å². The lowest BCUT2D eigenvalue weighted by molar-refractivity contribution is 0.408. The number of rotatable bonds is 4. The predicted molar refractivity (Wildman–Crippen MR) is 63.2 cm³/mol. The molecule has 0 aromatic carbocycles. The molecule has 1 aromatic rings. The fourth-order valence-corrected chi connectivity index (χ4v) is 1.88. The van der Waals surface area contributed by atoms with Crippen molar-refractivity contribution < 1.29 is 0 Å². The van der Waals surface area contributed by atoms with E-state index in [0.717, 1.165) is 18.2 Å². The Morgan fingerprint density at radius 2 is 2.33 bits per heavy atom. The van der Waals surface area contributed by atoms with Crippen LogP contribution in [0, 0.1) is 0 Å². The molecule has 1 aliphatic rings. The van der Waals surface area contributed by atoms with Crippen LogP contribution in [0.2, 0.25) is 0 Å². The molecule has 1 saturated carbocycles. The van der Waals surface area contributed by atoms with Gasteiger partial charge in [0.05, 0.1) is 5.69 Å². The van der Waals surface area contributed by atoms with Gasteiger partial charge in [-0.1, -0.05) is 13.3 Å². The van der Waals surface area contributed by atoms with Crippen molar-refractivity contribution in [1.29, 1.82) is 0 Å². The summed E-state index contributed by atoms with van der Waals surface area (Å²) >= 11 is 0. The highest BCUT2D eigenvalue weighted by Gasteiger charge is 2.22. The lowest BCUT2D eigenvalue weighted by Gasteiger charge is -2.22. The molecule has 0 radical (unpaired) electrons. The molecule has 1 atom stereocenters. The zero-order chi connectivity index (χ0) is 10.8. The predicted octanol–water partition coefficient (Wildman–Crippen LogP) is 2.90. The number of aryl methyl sites for hydroxylation is 1. The van der Waals surface area contributed by atoms with Crippen LogP contribution in [0.15, 0.2) is 6.07 Å². The van der Waals surface area contributed by atoms with E-state index in [0.29, 0.717) is 6.04 Å². The molecule has 1 N–H and O–H groups in total. The van der Waals surface area contributed by atoms with Gasteiger partial charge in [-0.2, -0.15) is 5.10 Å². The number of hydrogen-bond donors (Lipinski definition) is 1. The molecular formula is C12H21N3. The molecule has 3 nitrogen and oxygen atoms in total. The number of nitrogens with one attached hydrogen (secondary N) is 1. The molecule has 1 aliphatic carbocycles. The fraction of sp³-hybridized carbons (Fsp3) is 0.750. The van der Waals surface area contributed by atoms with E-state index in [4.69, 9.17) is 0 Å². The molecule has 0 saturated heterocycles. The van der Waals surface area contributed by atoms with Gasteiger partial charge >= 0.3 is 0 Å². The van der Waals surface area contributed by atoms with Gasteiger partial charge < -0.3 is 5.32 Å². The summed E-state index contributed by atoms with van der Waals surface area (Å²) in [6, 6.07) is 2.74. The SMILES string of the molecule is CCC(C)Nc1cc(C2CCC2)nn1C. The maximum Gasteiger partial charge on any atom is 0.124 e. The van der Waals surface area contributed by atoms with Crippen LogP contribution in [0.25, 0.3) is 0 Å². The van der Waals surface area contributed by atoms with E-state index >= 15 is 0 Å². The molecule has 1 aromatic heterocycles. The summed E-state index contributed by atoms with van der Waals surface area (Å²) in [6.07, 6.45) is 5.15. The highest BCUT2D eigenvalue weighted by atomic mass is 15.3. The number of aromatic nitrogens is 2. The van der Waals surface area contributed by atoms with Crippen molar-refractivity contribution in [2.45, 2.75) is 51.5 Å². The molecule has 0 aliphatic heterocycles. The van der Waals surface area contributed by atoms with E-state index in [2.05, 4.69) is 30.3 Å². The highest BCUT2D eigenvalue weighted by molar-refractivity contribution is 5.39. The number of anilines is 1. The Balaban J connectivity index is 2.07. The summed E-state index contributed by atoms with van der Waals surface area (Å²) in [7, 11) is 2.02. The Kier molecular flexibility index (Phi) is 2.98. The van der Waals surface area contributed by atoms with Gasteiger partial charge in [0.1, 0.15) is 5.82 Å². The first kappa shape index (κ1) is 10.5. The van der Waals surface area contributed by atoms with Crippen molar-refractivity contribution in [2.75, 3.05) is 5.32 Å². The molecule has 0 spiro atoms. The van der Waals surface area contributed by atoms with Crippen LogP contribution in [-0.2, 0) is 7.05 Å².